The quantitative estimate of drug-likeness (QED) is 0.568. The molecule has 1 saturated carbocycles. The van der Waals surface area contributed by atoms with E-state index in [-0.39, 0.29) is 5.91 Å². The Morgan fingerprint density at radius 1 is 1.12 bits per heavy atom. The summed E-state index contributed by atoms with van der Waals surface area (Å²) in [5.74, 6) is 1.60. The number of aryl methyl sites for hydroxylation is 1. The van der Waals surface area contributed by atoms with Crippen LogP contribution in [0.25, 0.3) is 10.2 Å². The molecular formula is C25H27ClN4OS. The molecule has 32 heavy (non-hydrogen) atoms. The zero-order chi connectivity index (χ0) is 22.0. The molecule has 0 radical (unpaired) electrons. The lowest BCUT2D eigenvalue weighted by Gasteiger charge is -2.35. The molecule has 1 amide bonds. The molecule has 1 unspecified atom stereocenters. The summed E-state index contributed by atoms with van der Waals surface area (Å²) in [6.07, 6.45) is 5.59. The molecule has 5 atom stereocenters. The van der Waals surface area contributed by atoms with Gasteiger partial charge in [0.2, 0.25) is 0 Å². The maximum Gasteiger partial charge on any atom is 0.253 e. The van der Waals surface area contributed by atoms with Crippen LogP contribution in [0.2, 0.25) is 5.02 Å². The third-order valence-electron chi connectivity index (χ3n) is 7.57. The number of hydrogen-bond donors (Lipinski definition) is 1. The lowest BCUT2D eigenvalue weighted by atomic mass is 9.97. The smallest absolute Gasteiger partial charge is 0.253 e. The predicted octanol–water partition coefficient (Wildman–Crippen LogP) is 5.28. The fraction of sp³-hybridized carbons (Fsp3) is 0.480. The fourth-order valence-corrected chi connectivity index (χ4v) is 6.92. The summed E-state index contributed by atoms with van der Waals surface area (Å²) in [5.41, 5.74) is 2.94. The number of carbonyl (C=O) groups excluding carboxylic acids is 1. The van der Waals surface area contributed by atoms with Crippen molar-refractivity contribution in [2.75, 3.05) is 7.05 Å². The molecule has 0 spiro atoms. The average molecular weight is 467 g/mol. The lowest BCUT2D eigenvalue weighted by Crippen LogP contribution is -2.48. The van der Waals surface area contributed by atoms with Crippen molar-refractivity contribution in [3.63, 3.8) is 0 Å². The molecule has 2 saturated heterocycles. The normalized spacial score (nSPS) is 28.8. The molecule has 6 rings (SSSR count). The van der Waals surface area contributed by atoms with E-state index in [4.69, 9.17) is 16.6 Å². The highest BCUT2D eigenvalue weighted by Gasteiger charge is 2.43. The number of benzene rings is 1. The average Bonchev–Trinajstić information content (AvgIpc) is 3.30. The van der Waals surface area contributed by atoms with Crippen LogP contribution in [0.4, 0.5) is 0 Å². The number of piperidine rings is 1. The molecule has 2 aromatic heterocycles. The molecular weight excluding hydrogens is 440 g/mol. The highest BCUT2D eigenvalue weighted by atomic mass is 35.5. The van der Waals surface area contributed by atoms with Crippen LogP contribution in [-0.2, 0) is 0 Å². The summed E-state index contributed by atoms with van der Waals surface area (Å²) in [6.45, 7) is 1.96. The number of amides is 1. The molecule has 1 N–H and O–H groups in total. The van der Waals surface area contributed by atoms with Crippen LogP contribution in [0.3, 0.4) is 0 Å². The van der Waals surface area contributed by atoms with Crippen molar-refractivity contribution < 1.29 is 4.79 Å². The van der Waals surface area contributed by atoms with Crippen LogP contribution in [0.1, 0.15) is 71.4 Å². The van der Waals surface area contributed by atoms with E-state index in [1.165, 1.54) is 12.8 Å². The SMILES string of the molecule is Cc1nc([C@H]2C[C@@H]2c2ccc(C(=O)N(C)C3C[C@H]4CC[C@@H](C3)N4)cc2Cl)c2ccsc2n1. The summed E-state index contributed by atoms with van der Waals surface area (Å²) in [6, 6.07) is 9.43. The summed E-state index contributed by atoms with van der Waals surface area (Å²) >= 11 is 8.39. The maximum atomic E-state index is 13.2. The van der Waals surface area contributed by atoms with Crippen molar-refractivity contribution in [1.29, 1.82) is 0 Å². The largest absolute Gasteiger partial charge is 0.339 e. The number of rotatable bonds is 4. The molecule has 1 aromatic carbocycles. The van der Waals surface area contributed by atoms with Crippen molar-refractivity contribution >= 4 is 39.1 Å². The van der Waals surface area contributed by atoms with Crippen LogP contribution in [0, 0.1) is 6.92 Å². The van der Waals surface area contributed by atoms with Gasteiger partial charge in [0.25, 0.3) is 5.91 Å². The molecule has 3 aromatic rings. The lowest BCUT2D eigenvalue weighted by molar-refractivity contribution is 0.0681. The van der Waals surface area contributed by atoms with Crippen LogP contribution in [0.5, 0.6) is 0 Å². The molecule has 5 nitrogen and oxygen atoms in total. The maximum absolute atomic E-state index is 13.2. The Hall–Kier alpha value is -2.02. The molecule has 2 bridgehead atoms. The van der Waals surface area contributed by atoms with Crippen LogP contribution in [0.15, 0.2) is 29.6 Å². The number of carbonyl (C=O) groups is 1. The van der Waals surface area contributed by atoms with Crippen molar-refractivity contribution in [3.8, 4) is 0 Å². The second-order valence-corrected chi connectivity index (χ2v) is 11.0. The van der Waals surface area contributed by atoms with E-state index in [9.17, 15) is 4.79 Å². The minimum Gasteiger partial charge on any atom is -0.339 e. The zero-order valence-corrected chi connectivity index (χ0v) is 19.9. The van der Waals surface area contributed by atoms with E-state index < -0.39 is 0 Å². The Morgan fingerprint density at radius 2 is 1.91 bits per heavy atom. The van der Waals surface area contributed by atoms with E-state index in [1.807, 2.05) is 31.0 Å². The van der Waals surface area contributed by atoms with E-state index in [1.54, 1.807) is 11.3 Å². The van der Waals surface area contributed by atoms with E-state index in [0.717, 1.165) is 46.6 Å². The Labute approximate surface area is 197 Å². The Balaban J connectivity index is 1.20. The van der Waals surface area contributed by atoms with E-state index in [0.29, 0.717) is 40.5 Å². The van der Waals surface area contributed by atoms with Crippen molar-refractivity contribution in [3.05, 3.63) is 57.3 Å². The standard InChI is InChI=1S/C25H27ClN4OS/c1-13-27-23(19-7-8-32-24(19)28-13)21-12-20(21)18-6-3-14(9-22(18)26)25(31)30(2)17-10-15-4-5-16(11-17)29-15/h3,6-9,15-17,20-21,29H,4-5,10-12H2,1-2H3/t15-,16+,17?,20-,21+/m1/s1. The first kappa shape index (κ1) is 20.6. The summed E-state index contributed by atoms with van der Waals surface area (Å²) < 4.78 is 0. The molecule has 2 aliphatic heterocycles. The molecule has 3 fully saturated rings. The molecule has 3 aliphatic rings. The van der Waals surface area contributed by atoms with Gasteiger partial charge in [0.15, 0.2) is 0 Å². The zero-order valence-electron chi connectivity index (χ0n) is 18.3. The van der Waals surface area contributed by atoms with Gasteiger partial charge in [0.05, 0.1) is 5.69 Å². The van der Waals surface area contributed by atoms with Gasteiger partial charge in [-0.25, -0.2) is 9.97 Å². The van der Waals surface area contributed by atoms with Crippen molar-refractivity contribution in [2.45, 2.75) is 69.0 Å². The van der Waals surface area contributed by atoms with E-state index in [2.05, 4.69) is 27.8 Å². The molecule has 4 heterocycles. The molecule has 166 valence electrons. The Kier molecular flexibility index (Phi) is 5.01. The number of hydrogen-bond acceptors (Lipinski definition) is 5. The third-order valence-corrected chi connectivity index (χ3v) is 8.71. The summed E-state index contributed by atoms with van der Waals surface area (Å²) in [7, 11) is 1.94. The summed E-state index contributed by atoms with van der Waals surface area (Å²) in [4.78, 5) is 25.5. The second kappa shape index (κ2) is 7.79. The molecule has 7 heteroatoms. The van der Waals surface area contributed by atoms with Gasteiger partial charge in [0, 0.05) is 47.1 Å². The minimum absolute atomic E-state index is 0.0727. The van der Waals surface area contributed by atoms with Crippen molar-refractivity contribution in [2.24, 2.45) is 0 Å². The third kappa shape index (κ3) is 3.53. The number of halogens is 1. The number of nitrogens with zero attached hydrogens (tertiary/aromatic N) is 3. The van der Waals surface area contributed by atoms with Gasteiger partial charge in [-0.3, -0.25) is 4.79 Å². The van der Waals surface area contributed by atoms with Crippen LogP contribution in [-0.4, -0.2) is 45.9 Å². The second-order valence-electron chi connectivity index (χ2n) is 9.66. The number of nitrogens with one attached hydrogen (secondary N) is 1. The van der Waals surface area contributed by atoms with Gasteiger partial charge in [0.1, 0.15) is 10.7 Å². The predicted molar refractivity (Wildman–Crippen MR) is 129 cm³/mol. The first-order valence-corrected chi connectivity index (χ1v) is 12.8. The number of aromatic nitrogens is 2. The summed E-state index contributed by atoms with van der Waals surface area (Å²) in [5, 5.41) is 7.58. The number of fused-ring (bicyclic) bond motifs is 3. The monoisotopic (exact) mass is 466 g/mol. The van der Waals surface area contributed by atoms with Gasteiger partial charge in [-0.2, -0.15) is 0 Å². The van der Waals surface area contributed by atoms with E-state index >= 15 is 0 Å². The Bertz CT molecular complexity index is 1200. The van der Waals surface area contributed by atoms with Gasteiger partial charge in [-0.05, 0) is 74.1 Å². The first-order valence-electron chi connectivity index (χ1n) is 11.5. The van der Waals surface area contributed by atoms with Gasteiger partial charge >= 0.3 is 0 Å². The highest BCUT2D eigenvalue weighted by molar-refractivity contribution is 7.16. The van der Waals surface area contributed by atoms with Gasteiger partial charge in [-0.15, -0.1) is 11.3 Å². The topological polar surface area (TPSA) is 58.1 Å². The first-order chi connectivity index (χ1) is 15.5. The molecule has 1 aliphatic carbocycles. The van der Waals surface area contributed by atoms with Crippen LogP contribution >= 0.6 is 22.9 Å². The minimum atomic E-state index is 0.0727. The number of thiophene rings is 1. The van der Waals surface area contributed by atoms with Gasteiger partial charge in [-0.1, -0.05) is 17.7 Å². The van der Waals surface area contributed by atoms with Crippen LogP contribution < -0.4 is 5.32 Å². The van der Waals surface area contributed by atoms with Gasteiger partial charge < -0.3 is 10.2 Å². The Morgan fingerprint density at radius 3 is 2.66 bits per heavy atom. The van der Waals surface area contributed by atoms with Crippen molar-refractivity contribution in [1.82, 2.24) is 20.2 Å². The fourth-order valence-electron chi connectivity index (χ4n) is 5.79. The highest BCUT2D eigenvalue weighted by Crippen LogP contribution is 2.57.